The van der Waals surface area contributed by atoms with Crippen LogP contribution in [0.1, 0.15) is 30.0 Å². The average Bonchev–Trinajstić information content (AvgIpc) is 3.26. The van der Waals surface area contributed by atoms with E-state index in [9.17, 15) is 4.79 Å². The second kappa shape index (κ2) is 6.15. The molecule has 5 heteroatoms. The number of amides is 1. The zero-order valence-corrected chi connectivity index (χ0v) is 13.9. The molecular weight excluding hydrogens is 300 g/mol. The van der Waals surface area contributed by atoms with Crippen LogP contribution in [0, 0.1) is 6.92 Å². The molecule has 1 aromatic carbocycles. The number of H-pyrrole nitrogens is 1. The van der Waals surface area contributed by atoms with Crippen LogP contribution in [0.3, 0.4) is 0 Å². The molecule has 1 amide bonds. The number of aryl methyl sites for hydroxylation is 1. The topological polar surface area (TPSA) is 53.9 Å². The third-order valence-corrected chi connectivity index (χ3v) is 5.03. The van der Waals surface area contributed by atoms with Crippen molar-refractivity contribution < 1.29 is 4.79 Å². The Labute approximate surface area is 141 Å². The van der Waals surface area contributed by atoms with Gasteiger partial charge in [-0.3, -0.25) is 4.79 Å². The number of aromatic amines is 1. The number of rotatable bonds is 3. The van der Waals surface area contributed by atoms with Gasteiger partial charge in [0.05, 0.1) is 18.8 Å². The standard InChI is InChI=1S/C19H22N4O/c1-14-4-2-6-17-19(14)15(11-21-17)10-18(24)22-8-3-5-16(12-22)23-9-7-20-13-23/h2,4,6-7,9,11,13,16,21H,3,5,8,10,12H2,1H3/t16-/m0/s1. The summed E-state index contributed by atoms with van der Waals surface area (Å²) in [7, 11) is 0. The lowest BCUT2D eigenvalue weighted by Gasteiger charge is -2.33. The molecule has 3 heterocycles. The molecule has 1 atom stereocenters. The smallest absolute Gasteiger partial charge is 0.227 e. The Kier molecular flexibility index (Phi) is 3.84. The van der Waals surface area contributed by atoms with Gasteiger partial charge in [0, 0.05) is 42.6 Å². The number of hydrogen-bond acceptors (Lipinski definition) is 2. The van der Waals surface area contributed by atoms with Crippen molar-refractivity contribution in [3.63, 3.8) is 0 Å². The van der Waals surface area contributed by atoms with E-state index in [4.69, 9.17) is 0 Å². The third kappa shape index (κ3) is 2.70. The number of likely N-dealkylation sites (tertiary alicyclic amines) is 1. The van der Waals surface area contributed by atoms with Crippen LogP contribution < -0.4 is 0 Å². The van der Waals surface area contributed by atoms with Crippen LogP contribution >= 0.6 is 0 Å². The van der Waals surface area contributed by atoms with Gasteiger partial charge in [0.25, 0.3) is 0 Å². The minimum absolute atomic E-state index is 0.212. The maximum absolute atomic E-state index is 12.8. The molecule has 4 rings (SSSR count). The molecule has 0 radical (unpaired) electrons. The van der Waals surface area contributed by atoms with E-state index in [2.05, 4.69) is 33.6 Å². The molecular formula is C19H22N4O. The van der Waals surface area contributed by atoms with Crippen molar-refractivity contribution in [2.75, 3.05) is 13.1 Å². The Hall–Kier alpha value is -2.56. The second-order valence-corrected chi connectivity index (χ2v) is 6.63. The highest BCUT2D eigenvalue weighted by molar-refractivity contribution is 5.91. The van der Waals surface area contributed by atoms with Crippen molar-refractivity contribution >= 4 is 16.8 Å². The monoisotopic (exact) mass is 322 g/mol. The molecule has 3 aromatic rings. The molecule has 0 spiro atoms. The SMILES string of the molecule is Cc1cccc2[nH]cc(CC(=O)N3CCC[C@H](n4ccnc4)C3)c12. The zero-order chi connectivity index (χ0) is 16.5. The summed E-state index contributed by atoms with van der Waals surface area (Å²) in [5.41, 5.74) is 3.41. The van der Waals surface area contributed by atoms with Crippen LogP contribution in [-0.2, 0) is 11.2 Å². The predicted molar refractivity (Wildman–Crippen MR) is 93.8 cm³/mol. The van der Waals surface area contributed by atoms with Crippen LogP contribution in [0.15, 0.2) is 43.1 Å². The second-order valence-electron chi connectivity index (χ2n) is 6.63. The van der Waals surface area contributed by atoms with Gasteiger partial charge in [-0.05, 0) is 37.0 Å². The molecule has 124 valence electrons. The number of aromatic nitrogens is 3. The summed E-state index contributed by atoms with van der Waals surface area (Å²) < 4.78 is 2.12. The van der Waals surface area contributed by atoms with Crippen molar-refractivity contribution in [1.29, 1.82) is 0 Å². The lowest BCUT2D eigenvalue weighted by molar-refractivity contribution is -0.132. The highest BCUT2D eigenvalue weighted by atomic mass is 16.2. The van der Waals surface area contributed by atoms with E-state index in [-0.39, 0.29) is 5.91 Å². The minimum Gasteiger partial charge on any atom is -0.361 e. The summed E-state index contributed by atoms with van der Waals surface area (Å²) in [4.78, 5) is 22.2. The summed E-state index contributed by atoms with van der Waals surface area (Å²) in [6.07, 6.45) is 10.2. The third-order valence-electron chi connectivity index (χ3n) is 5.03. The van der Waals surface area contributed by atoms with Gasteiger partial charge < -0.3 is 14.5 Å². The number of imidazole rings is 1. The van der Waals surface area contributed by atoms with E-state index in [1.165, 1.54) is 10.9 Å². The molecule has 1 aliphatic rings. The number of fused-ring (bicyclic) bond motifs is 1. The van der Waals surface area contributed by atoms with E-state index < -0.39 is 0 Å². The largest absolute Gasteiger partial charge is 0.361 e. The molecule has 2 aromatic heterocycles. The molecule has 5 nitrogen and oxygen atoms in total. The summed E-state index contributed by atoms with van der Waals surface area (Å²) >= 11 is 0. The summed E-state index contributed by atoms with van der Waals surface area (Å²) in [5.74, 6) is 0.212. The first-order valence-electron chi connectivity index (χ1n) is 8.53. The number of carbonyl (C=O) groups excluding carboxylic acids is 1. The molecule has 0 aliphatic carbocycles. The normalized spacial score (nSPS) is 18.2. The van der Waals surface area contributed by atoms with Crippen molar-refractivity contribution in [2.45, 2.75) is 32.2 Å². The molecule has 1 N–H and O–H groups in total. The lowest BCUT2D eigenvalue weighted by Crippen LogP contribution is -2.41. The van der Waals surface area contributed by atoms with Gasteiger partial charge in [0.2, 0.25) is 5.91 Å². The Morgan fingerprint density at radius 2 is 2.33 bits per heavy atom. The Morgan fingerprint density at radius 3 is 3.17 bits per heavy atom. The van der Waals surface area contributed by atoms with Gasteiger partial charge in [-0.25, -0.2) is 4.98 Å². The van der Waals surface area contributed by atoms with Gasteiger partial charge >= 0.3 is 0 Å². The maximum atomic E-state index is 12.8. The van der Waals surface area contributed by atoms with Crippen LogP contribution in [0.2, 0.25) is 0 Å². The van der Waals surface area contributed by atoms with Gasteiger partial charge in [0.1, 0.15) is 0 Å². The zero-order valence-electron chi connectivity index (χ0n) is 13.9. The molecule has 1 fully saturated rings. The van der Waals surface area contributed by atoms with Crippen molar-refractivity contribution in [2.24, 2.45) is 0 Å². The molecule has 1 aliphatic heterocycles. The first-order chi connectivity index (χ1) is 11.7. The van der Waals surface area contributed by atoms with E-state index in [0.717, 1.165) is 37.0 Å². The number of nitrogens with one attached hydrogen (secondary N) is 1. The van der Waals surface area contributed by atoms with Gasteiger partial charge in [-0.15, -0.1) is 0 Å². The number of piperidine rings is 1. The van der Waals surface area contributed by atoms with Gasteiger partial charge in [0.15, 0.2) is 0 Å². The number of benzene rings is 1. The Morgan fingerprint density at radius 1 is 1.42 bits per heavy atom. The fourth-order valence-corrected chi connectivity index (χ4v) is 3.78. The number of carbonyl (C=O) groups is 1. The number of nitrogens with zero attached hydrogens (tertiary/aromatic N) is 3. The maximum Gasteiger partial charge on any atom is 0.227 e. The quantitative estimate of drug-likeness (QED) is 0.805. The van der Waals surface area contributed by atoms with Crippen molar-refractivity contribution in [3.8, 4) is 0 Å². The highest BCUT2D eigenvalue weighted by Crippen LogP contribution is 2.25. The van der Waals surface area contributed by atoms with Crippen molar-refractivity contribution in [3.05, 3.63) is 54.2 Å². The van der Waals surface area contributed by atoms with Crippen LogP contribution in [-0.4, -0.2) is 38.4 Å². The molecule has 0 bridgehead atoms. The van der Waals surface area contributed by atoms with Crippen LogP contribution in [0.5, 0.6) is 0 Å². The van der Waals surface area contributed by atoms with E-state index in [0.29, 0.717) is 12.5 Å². The fourth-order valence-electron chi connectivity index (χ4n) is 3.78. The first-order valence-corrected chi connectivity index (χ1v) is 8.53. The molecule has 24 heavy (non-hydrogen) atoms. The van der Waals surface area contributed by atoms with E-state index in [1.807, 2.05) is 29.7 Å². The summed E-state index contributed by atoms with van der Waals surface area (Å²) in [6.45, 7) is 3.72. The summed E-state index contributed by atoms with van der Waals surface area (Å²) in [5, 5.41) is 1.19. The Bertz CT molecular complexity index is 850. The van der Waals surface area contributed by atoms with Crippen LogP contribution in [0.25, 0.3) is 10.9 Å². The Balaban J connectivity index is 1.51. The summed E-state index contributed by atoms with van der Waals surface area (Å²) in [6, 6.07) is 6.54. The average molecular weight is 322 g/mol. The van der Waals surface area contributed by atoms with Gasteiger partial charge in [-0.1, -0.05) is 12.1 Å². The van der Waals surface area contributed by atoms with Crippen molar-refractivity contribution in [1.82, 2.24) is 19.4 Å². The minimum atomic E-state index is 0.212. The van der Waals surface area contributed by atoms with Crippen LogP contribution in [0.4, 0.5) is 0 Å². The number of hydrogen-bond donors (Lipinski definition) is 1. The van der Waals surface area contributed by atoms with E-state index in [1.54, 1.807) is 6.20 Å². The predicted octanol–water partition coefficient (Wildman–Crippen LogP) is 3.08. The van der Waals surface area contributed by atoms with E-state index >= 15 is 0 Å². The molecule has 0 unspecified atom stereocenters. The lowest BCUT2D eigenvalue weighted by atomic mass is 10.0. The molecule has 0 saturated carbocycles. The van der Waals surface area contributed by atoms with Gasteiger partial charge in [-0.2, -0.15) is 0 Å². The highest BCUT2D eigenvalue weighted by Gasteiger charge is 2.25. The fraction of sp³-hybridized carbons (Fsp3) is 0.368. The molecule has 1 saturated heterocycles. The first kappa shape index (κ1) is 15.0.